The van der Waals surface area contributed by atoms with Gasteiger partial charge in [-0.1, -0.05) is 23.2 Å². The third-order valence-corrected chi connectivity index (χ3v) is 4.15. The number of hydrogen-bond acceptors (Lipinski definition) is 5. The molecule has 0 spiro atoms. The van der Waals surface area contributed by atoms with E-state index in [1.54, 1.807) is 0 Å². The van der Waals surface area contributed by atoms with Gasteiger partial charge in [0.1, 0.15) is 5.75 Å². The van der Waals surface area contributed by atoms with Gasteiger partial charge in [0.25, 0.3) is 11.1 Å². The van der Waals surface area contributed by atoms with Gasteiger partial charge in [0.2, 0.25) is 0 Å². The molecule has 1 aliphatic heterocycles. The zero-order valence-electron chi connectivity index (χ0n) is 10.9. The Hall–Kier alpha value is -1.21. The Kier molecular flexibility index (Phi) is 5.16. The van der Waals surface area contributed by atoms with Crippen molar-refractivity contribution in [3.8, 4) is 5.75 Å². The van der Waals surface area contributed by atoms with Crippen LogP contribution >= 0.6 is 35.0 Å². The number of carbonyl (C=O) groups excluding carboxylic acids is 2. The van der Waals surface area contributed by atoms with Gasteiger partial charge in [0.05, 0.1) is 23.1 Å². The fourth-order valence-electron chi connectivity index (χ4n) is 1.71. The summed E-state index contributed by atoms with van der Waals surface area (Å²) in [5, 5.41) is 9.89. The van der Waals surface area contributed by atoms with Crippen LogP contribution in [-0.4, -0.2) is 41.4 Å². The Morgan fingerprint density at radius 3 is 2.76 bits per heavy atom. The molecule has 1 aromatic carbocycles. The number of benzene rings is 1. The van der Waals surface area contributed by atoms with E-state index in [1.807, 2.05) is 0 Å². The number of rotatable bonds is 4. The molecule has 0 aromatic heterocycles. The first-order valence-corrected chi connectivity index (χ1v) is 7.43. The van der Waals surface area contributed by atoms with Crippen LogP contribution in [0.2, 0.25) is 10.0 Å². The highest BCUT2D eigenvalue weighted by molar-refractivity contribution is 8.18. The third-order valence-electron chi connectivity index (χ3n) is 2.74. The number of nitrogens with zero attached hydrogens (tertiary/aromatic N) is 1. The van der Waals surface area contributed by atoms with E-state index in [2.05, 4.69) is 0 Å². The van der Waals surface area contributed by atoms with E-state index in [4.69, 9.17) is 27.9 Å². The molecule has 0 saturated carbocycles. The summed E-state index contributed by atoms with van der Waals surface area (Å²) in [7, 11) is 1.49. The molecule has 1 aliphatic rings. The van der Waals surface area contributed by atoms with Crippen LogP contribution in [0.15, 0.2) is 17.0 Å². The molecule has 1 N–H and O–H groups in total. The average Bonchev–Trinajstić information content (AvgIpc) is 2.68. The second-order valence-electron chi connectivity index (χ2n) is 4.15. The van der Waals surface area contributed by atoms with Crippen LogP contribution in [0.25, 0.3) is 6.08 Å². The molecule has 1 saturated heterocycles. The molecule has 0 atom stereocenters. The van der Waals surface area contributed by atoms with E-state index < -0.39 is 5.91 Å². The SMILES string of the molecule is COCCN1C(=O)S/C(=C/c2cc(Cl)cc(Cl)c2O)C1=O. The summed E-state index contributed by atoms with van der Waals surface area (Å²) in [6, 6.07) is 2.85. The van der Waals surface area contributed by atoms with Crippen LogP contribution in [0.3, 0.4) is 0 Å². The van der Waals surface area contributed by atoms with Crippen LogP contribution in [0, 0.1) is 0 Å². The highest BCUT2D eigenvalue weighted by atomic mass is 35.5. The maximum Gasteiger partial charge on any atom is 0.293 e. The molecule has 2 amide bonds. The summed E-state index contributed by atoms with van der Waals surface area (Å²) in [5.41, 5.74) is 0.282. The number of amides is 2. The molecule has 0 radical (unpaired) electrons. The molecular weight excluding hydrogens is 337 g/mol. The van der Waals surface area contributed by atoms with E-state index in [0.717, 1.165) is 16.7 Å². The lowest BCUT2D eigenvalue weighted by Crippen LogP contribution is -2.31. The van der Waals surface area contributed by atoms with Crippen molar-refractivity contribution >= 4 is 52.2 Å². The average molecular weight is 348 g/mol. The first-order valence-electron chi connectivity index (χ1n) is 5.86. The molecule has 1 aromatic rings. The Balaban J connectivity index is 2.31. The lowest BCUT2D eigenvalue weighted by atomic mass is 10.2. The number of imide groups is 1. The topological polar surface area (TPSA) is 66.8 Å². The van der Waals surface area contributed by atoms with Gasteiger partial charge in [0, 0.05) is 17.7 Å². The van der Waals surface area contributed by atoms with Gasteiger partial charge in [-0.3, -0.25) is 14.5 Å². The number of methoxy groups -OCH3 is 1. The molecule has 21 heavy (non-hydrogen) atoms. The summed E-state index contributed by atoms with van der Waals surface area (Å²) in [4.78, 5) is 25.2. The second-order valence-corrected chi connectivity index (χ2v) is 5.99. The number of carbonyl (C=O) groups is 2. The minimum atomic E-state index is -0.433. The number of phenolic OH excluding ortho intramolecular Hbond substituents is 1. The van der Waals surface area contributed by atoms with Gasteiger partial charge in [0.15, 0.2) is 0 Å². The lowest BCUT2D eigenvalue weighted by Gasteiger charge is -2.10. The minimum Gasteiger partial charge on any atom is -0.506 e. The fourth-order valence-corrected chi connectivity index (χ4v) is 3.08. The zero-order valence-corrected chi connectivity index (χ0v) is 13.3. The van der Waals surface area contributed by atoms with Crippen molar-refractivity contribution < 1.29 is 19.4 Å². The van der Waals surface area contributed by atoms with Crippen LogP contribution in [-0.2, 0) is 9.53 Å². The van der Waals surface area contributed by atoms with Crippen molar-refractivity contribution in [2.45, 2.75) is 0 Å². The summed E-state index contributed by atoms with van der Waals surface area (Å²) < 4.78 is 4.85. The van der Waals surface area contributed by atoms with Crippen molar-refractivity contribution in [1.82, 2.24) is 4.90 Å². The molecule has 0 unspecified atom stereocenters. The van der Waals surface area contributed by atoms with Gasteiger partial charge in [-0.15, -0.1) is 0 Å². The Bertz CT molecular complexity index is 633. The van der Waals surface area contributed by atoms with E-state index in [0.29, 0.717) is 5.02 Å². The Morgan fingerprint density at radius 1 is 1.38 bits per heavy atom. The van der Waals surface area contributed by atoms with Crippen LogP contribution in [0.1, 0.15) is 5.56 Å². The highest BCUT2D eigenvalue weighted by Crippen LogP contribution is 2.37. The van der Waals surface area contributed by atoms with Gasteiger partial charge >= 0.3 is 0 Å². The number of hydrogen-bond donors (Lipinski definition) is 1. The molecule has 0 bridgehead atoms. The zero-order chi connectivity index (χ0) is 15.6. The molecular formula is C13H11Cl2NO4S. The van der Waals surface area contributed by atoms with Crippen molar-refractivity contribution in [3.63, 3.8) is 0 Å². The first kappa shape index (κ1) is 16.2. The van der Waals surface area contributed by atoms with Crippen molar-refractivity contribution in [3.05, 3.63) is 32.6 Å². The van der Waals surface area contributed by atoms with Crippen molar-refractivity contribution in [2.75, 3.05) is 20.3 Å². The molecule has 112 valence electrons. The van der Waals surface area contributed by atoms with Crippen LogP contribution < -0.4 is 0 Å². The standard InChI is InChI=1S/C13H11Cl2NO4S/c1-20-3-2-16-12(18)10(21-13(16)19)5-7-4-8(14)6-9(15)11(7)17/h4-6,17H,2-3H2,1H3/b10-5+. The highest BCUT2D eigenvalue weighted by Gasteiger charge is 2.34. The maximum absolute atomic E-state index is 12.1. The predicted octanol–water partition coefficient (Wildman–Crippen LogP) is 3.38. The third kappa shape index (κ3) is 3.52. The van der Waals surface area contributed by atoms with Crippen molar-refractivity contribution in [2.24, 2.45) is 0 Å². The smallest absolute Gasteiger partial charge is 0.293 e. The molecule has 0 aliphatic carbocycles. The van der Waals surface area contributed by atoms with Gasteiger partial charge < -0.3 is 9.84 Å². The molecule has 5 nitrogen and oxygen atoms in total. The number of ether oxygens (including phenoxy) is 1. The predicted molar refractivity (Wildman–Crippen MR) is 82.7 cm³/mol. The van der Waals surface area contributed by atoms with Crippen LogP contribution in [0.5, 0.6) is 5.75 Å². The van der Waals surface area contributed by atoms with E-state index in [1.165, 1.54) is 25.3 Å². The van der Waals surface area contributed by atoms with Gasteiger partial charge in [-0.2, -0.15) is 0 Å². The molecule has 8 heteroatoms. The number of thioether (sulfide) groups is 1. The summed E-state index contributed by atoms with van der Waals surface area (Å²) in [6.07, 6.45) is 1.39. The summed E-state index contributed by atoms with van der Waals surface area (Å²) in [6.45, 7) is 0.445. The molecule has 1 fully saturated rings. The second kappa shape index (κ2) is 6.70. The molecule has 1 heterocycles. The Labute approximate surface area is 135 Å². The summed E-state index contributed by atoms with van der Waals surface area (Å²) >= 11 is 12.5. The Morgan fingerprint density at radius 2 is 2.10 bits per heavy atom. The minimum absolute atomic E-state index is 0.0763. The van der Waals surface area contributed by atoms with E-state index in [-0.39, 0.29) is 39.6 Å². The fraction of sp³-hybridized carbons (Fsp3) is 0.231. The quantitative estimate of drug-likeness (QED) is 0.845. The van der Waals surface area contributed by atoms with E-state index in [9.17, 15) is 14.7 Å². The van der Waals surface area contributed by atoms with Gasteiger partial charge in [-0.05, 0) is 30.0 Å². The normalized spacial score (nSPS) is 17.1. The largest absolute Gasteiger partial charge is 0.506 e. The van der Waals surface area contributed by atoms with Crippen molar-refractivity contribution in [1.29, 1.82) is 0 Å². The monoisotopic (exact) mass is 347 g/mol. The lowest BCUT2D eigenvalue weighted by molar-refractivity contribution is -0.123. The maximum atomic E-state index is 12.1. The number of phenols is 1. The van der Waals surface area contributed by atoms with E-state index >= 15 is 0 Å². The summed E-state index contributed by atoms with van der Waals surface area (Å²) in [5.74, 6) is -0.623. The van der Waals surface area contributed by atoms with Crippen LogP contribution in [0.4, 0.5) is 4.79 Å². The van der Waals surface area contributed by atoms with Gasteiger partial charge in [-0.25, -0.2) is 0 Å². The first-order chi connectivity index (χ1) is 9.93. The number of halogens is 2. The number of aromatic hydroxyl groups is 1. The molecule has 2 rings (SSSR count).